The van der Waals surface area contributed by atoms with E-state index >= 15 is 0 Å². The van der Waals surface area contributed by atoms with Crippen LogP contribution in [0.4, 0.5) is 0 Å². The molecule has 0 unspecified atom stereocenters. The average Bonchev–Trinajstić information content (AvgIpc) is 3.14. The minimum Gasteiger partial charge on any atom is -0.871 e. The Hall–Kier alpha value is -3.80. The van der Waals surface area contributed by atoms with Gasteiger partial charge in [-0.3, -0.25) is 9.68 Å². The summed E-state index contributed by atoms with van der Waals surface area (Å²) in [6, 6.07) is 42.8. The van der Waals surface area contributed by atoms with E-state index in [1.165, 1.54) is 16.7 Å². The van der Waals surface area contributed by atoms with E-state index in [-0.39, 0.29) is 12.0 Å². The van der Waals surface area contributed by atoms with Gasteiger partial charge in [-0.15, -0.1) is 0 Å². The minimum atomic E-state index is -2.23. The van der Waals surface area contributed by atoms with Crippen molar-refractivity contribution in [2.75, 3.05) is 19.8 Å². The molecule has 5 aromatic rings. The molecule has 0 radical (unpaired) electrons. The quantitative estimate of drug-likeness (QED) is 0.0602. The average molecular weight is 685 g/mol. The molecule has 252 valence electrons. The lowest BCUT2D eigenvalue weighted by Crippen LogP contribution is -2.48. The van der Waals surface area contributed by atoms with Crippen molar-refractivity contribution in [2.24, 2.45) is 0 Å². The van der Waals surface area contributed by atoms with Gasteiger partial charge in [0.2, 0.25) is 23.8 Å². The van der Waals surface area contributed by atoms with Crippen molar-refractivity contribution in [3.63, 3.8) is 0 Å². The fraction of sp³-hybridized carbons (Fsp3) is 0.263. The normalized spacial score (nSPS) is 10.5. The van der Waals surface area contributed by atoms with Gasteiger partial charge in [-0.2, -0.15) is 25.3 Å². The standard InChI is InChI=1S/C22H21BO3.2C8H11NOS/c24-23(25)26-18-10-17-22(19-11-4-1-5-12-19,20-13-6-2-7-14-20)21-15-8-3-9-16-21;2*1-2-10-9-6-4-3-5-8(9)7-11/h1-9,11-16H,10,17-18H2;2*3-6H,2,7H2,1H3/q-2;;/p+2. The van der Waals surface area contributed by atoms with E-state index in [4.69, 9.17) is 14.3 Å². The lowest BCUT2D eigenvalue weighted by atomic mass is 9.67. The lowest BCUT2D eigenvalue weighted by Gasteiger charge is -2.37. The van der Waals surface area contributed by atoms with Crippen LogP contribution >= 0.6 is 25.3 Å². The Bertz CT molecular complexity index is 1420. The van der Waals surface area contributed by atoms with Gasteiger partial charge in [0.1, 0.15) is 0 Å². The Morgan fingerprint density at radius 3 is 1.29 bits per heavy atom. The molecule has 0 fully saturated rings. The van der Waals surface area contributed by atoms with Crippen molar-refractivity contribution in [3.05, 3.63) is 168 Å². The van der Waals surface area contributed by atoms with Gasteiger partial charge in [0.25, 0.3) is 0 Å². The van der Waals surface area contributed by atoms with E-state index in [2.05, 4.69) is 61.7 Å². The van der Waals surface area contributed by atoms with E-state index in [0.717, 1.165) is 17.8 Å². The molecule has 0 spiro atoms. The van der Waals surface area contributed by atoms with Crippen LogP contribution in [0.1, 0.15) is 54.8 Å². The Balaban J connectivity index is 0.000000233. The maximum atomic E-state index is 10.7. The molecule has 0 atom stereocenters. The van der Waals surface area contributed by atoms with Crippen molar-refractivity contribution >= 4 is 32.6 Å². The summed E-state index contributed by atoms with van der Waals surface area (Å²) in [7, 11) is -2.23. The van der Waals surface area contributed by atoms with Crippen LogP contribution in [-0.2, 0) is 21.6 Å². The molecule has 48 heavy (non-hydrogen) atoms. The van der Waals surface area contributed by atoms with Crippen molar-refractivity contribution in [1.82, 2.24) is 0 Å². The van der Waals surface area contributed by atoms with Gasteiger partial charge in [-0.05, 0) is 55.5 Å². The molecule has 0 aliphatic carbocycles. The zero-order valence-corrected chi connectivity index (χ0v) is 29.4. The number of rotatable bonds is 14. The largest absolute Gasteiger partial charge is 0.871 e. The summed E-state index contributed by atoms with van der Waals surface area (Å²) in [5.41, 5.74) is 5.30. The maximum absolute atomic E-state index is 10.7. The van der Waals surface area contributed by atoms with Crippen molar-refractivity contribution in [3.8, 4) is 0 Å². The SMILES string of the molecule is CCO[n+]1ccccc1CS.CCO[n+]1ccccc1CS.[O-]B([O-])OCCCC(c1ccccc1)(c1ccccc1)c1ccccc1. The predicted molar refractivity (Wildman–Crippen MR) is 193 cm³/mol. The van der Waals surface area contributed by atoms with Gasteiger partial charge in [-0.1, -0.05) is 91.0 Å². The van der Waals surface area contributed by atoms with Crippen molar-refractivity contribution in [2.45, 2.75) is 43.6 Å². The molecule has 3 aromatic carbocycles. The fourth-order valence-electron chi connectivity index (χ4n) is 5.32. The van der Waals surface area contributed by atoms with Crippen LogP contribution in [0.3, 0.4) is 0 Å². The highest BCUT2D eigenvalue weighted by molar-refractivity contribution is 7.79. The molecular weight excluding hydrogens is 639 g/mol. The smallest absolute Gasteiger partial charge is 0.243 e. The number of benzene rings is 3. The van der Waals surface area contributed by atoms with E-state index in [9.17, 15) is 10.0 Å². The summed E-state index contributed by atoms with van der Waals surface area (Å²) in [6.07, 6.45) is 5.11. The zero-order chi connectivity index (χ0) is 34.5. The Kier molecular flexibility index (Phi) is 17.7. The fourth-order valence-corrected chi connectivity index (χ4v) is 5.81. The van der Waals surface area contributed by atoms with Crippen molar-refractivity contribution in [1.29, 1.82) is 0 Å². The summed E-state index contributed by atoms with van der Waals surface area (Å²) >= 11 is 8.34. The molecule has 0 amide bonds. The van der Waals surface area contributed by atoms with Gasteiger partial charge in [0.05, 0.1) is 18.8 Å². The van der Waals surface area contributed by atoms with Crippen LogP contribution < -0.4 is 29.2 Å². The molecule has 5 rings (SSSR count). The van der Waals surface area contributed by atoms with Crippen LogP contribution in [0.25, 0.3) is 0 Å². The molecule has 2 aromatic heterocycles. The first-order chi connectivity index (χ1) is 23.5. The minimum absolute atomic E-state index is 0.159. The number of nitrogens with zero attached hydrogens (tertiary/aromatic N) is 2. The second-order valence-corrected chi connectivity index (χ2v) is 11.1. The number of pyridine rings is 2. The predicted octanol–water partition coefficient (Wildman–Crippen LogP) is 4.23. The second kappa shape index (κ2) is 22.0. The molecule has 0 saturated heterocycles. The van der Waals surface area contributed by atoms with Crippen LogP contribution in [0.2, 0.25) is 0 Å². The van der Waals surface area contributed by atoms with E-state index in [0.29, 0.717) is 31.1 Å². The van der Waals surface area contributed by atoms with E-state index < -0.39 is 7.32 Å². The molecule has 0 saturated carbocycles. The second-order valence-electron chi connectivity index (χ2n) is 10.5. The number of aromatic nitrogens is 2. The maximum Gasteiger partial charge on any atom is 0.243 e. The first kappa shape index (κ1) is 38.7. The van der Waals surface area contributed by atoms with E-state index in [1.807, 2.05) is 117 Å². The number of hydrogen-bond acceptors (Lipinski definition) is 7. The number of thiol groups is 2. The highest BCUT2D eigenvalue weighted by Gasteiger charge is 2.35. The topological polar surface area (TPSA) is 81.6 Å². The third-order valence-corrected chi connectivity index (χ3v) is 8.07. The Morgan fingerprint density at radius 1 is 0.583 bits per heavy atom. The highest BCUT2D eigenvalue weighted by Crippen LogP contribution is 2.42. The first-order valence-corrected chi connectivity index (χ1v) is 17.3. The molecule has 0 aliphatic rings. The summed E-state index contributed by atoms with van der Waals surface area (Å²) in [4.78, 5) is 10.6. The molecule has 0 aliphatic heterocycles. The first-order valence-electron chi connectivity index (χ1n) is 16.1. The molecular formula is C38H45BN2O5S2. The Morgan fingerprint density at radius 2 is 0.958 bits per heavy atom. The van der Waals surface area contributed by atoms with Gasteiger partial charge in [0, 0.05) is 45.7 Å². The Labute approximate surface area is 296 Å². The molecule has 2 heterocycles. The van der Waals surface area contributed by atoms with Crippen LogP contribution in [0.5, 0.6) is 0 Å². The molecule has 0 N–H and O–H groups in total. The summed E-state index contributed by atoms with van der Waals surface area (Å²) in [5.74, 6) is 1.39. The van der Waals surface area contributed by atoms with Gasteiger partial charge in [0.15, 0.2) is 13.2 Å². The van der Waals surface area contributed by atoms with Gasteiger partial charge < -0.3 is 14.7 Å². The monoisotopic (exact) mass is 684 g/mol. The van der Waals surface area contributed by atoms with Crippen LogP contribution in [0, 0.1) is 0 Å². The zero-order valence-electron chi connectivity index (χ0n) is 27.6. The van der Waals surface area contributed by atoms with Gasteiger partial charge in [-0.25, -0.2) is 0 Å². The summed E-state index contributed by atoms with van der Waals surface area (Å²) in [5, 5.41) is 21.4. The van der Waals surface area contributed by atoms with E-state index in [1.54, 1.807) is 9.46 Å². The molecule has 0 bridgehead atoms. The van der Waals surface area contributed by atoms with Crippen LogP contribution in [-0.4, -0.2) is 27.1 Å². The number of hydrogen-bond donors (Lipinski definition) is 2. The van der Waals surface area contributed by atoms with Crippen molar-refractivity contribution < 1.29 is 33.8 Å². The third-order valence-electron chi connectivity index (χ3n) is 7.42. The summed E-state index contributed by atoms with van der Waals surface area (Å²) in [6.45, 7) is 5.43. The van der Waals surface area contributed by atoms with Gasteiger partial charge >= 0.3 is 0 Å². The lowest BCUT2D eigenvalue weighted by molar-refractivity contribution is -0.895. The third kappa shape index (κ3) is 11.7. The molecule has 10 heteroatoms. The molecule has 7 nitrogen and oxygen atoms in total. The highest BCUT2D eigenvalue weighted by atomic mass is 32.1. The van der Waals surface area contributed by atoms with Crippen LogP contribution in [0.15, 0.2) is 140 Å². The summed E-state index contributed by atoms with van der Waals surface area (Å²) < 4.78 is 8.22.